The molecule has 1 aromatic heterocycles. The van der Waals surface area contributed by atoms with Crippen LogP contribution in [0.2, 0.25) is 0 Å². The van der Waals surface area contributed by atoms with Gasteiger partial charge in [0, 0.05) is 32.7 Å². The Balaban J connectivity index is 1.90. The number of carboxylic acid groups (broad SMARTS) is 1. The average molecular weight is 334 g/mol. The Labute approximate surface area is 140 Å². The first-order valence-electron chi connectivity index (χ1n) is 8.20. The molecule has 2 fully saturated rings. The van der Waals surface area contributed by atoms with Crippen LogP contribution >= 0.6 is 0 Å². The van der Waals surface area contributed by atoms with Crippen LogP contribution in [0.5, 0.6) is 0 Å². The Morgan fingerprint density at radius 2 is 2.04 bits per heavy atom. The van der Waals surface area contributed by atoms with Crippen LogP contribution in [-0.2, 0) is 16.1 Å². The number of carbonyl (C=O) groups is 3. The first kappa shape index (κ1) is 16.5. The smallest absolute Gasteiger partial charge is 0.314 e. The van der Waals surface area contributed by atoms with Crippen molar-refractivity contribution in [2.45, 2.75) is 27.3 Å². The van der Waals surface area contributed by atoms with Gasteiger partial charge in [-0.05, 0) is 26.8 Å². The fourth-order valence-corrected chi connectivity index (χ4v) is 3.85. The zero-order valence-corrected chi connectivity index (χ0v) is 14.2. The summed E-state index contributed by atoms with van der Waals surface area (Å²) in [6.07, 6.45) is 0. The molecule has 0 unspecified atom stereocenters. The predicted molar refractivity (Wildman–Crippen MR) is 84.4 cm³/mol. The highest BCUT2D eigenvalue weighted by atomic mass is 16.4. The summed E-state index contributed by atoms with van der Waals surface area (Å²) in [5.41, 5.74) is -0.0226. The summed E-state index contributed by atoms with van der Waals surface area (Å²) < 4.78 is 1.61. The number of nitrogens with zero attached hydrogens (tertiary/aromatic N) is 4. The molecule has 2 amide bonds. The molecule has 0 aliphatic carbocycles. The van der Waals surface area contributed by atoms with E-state index in [1.54, 1.807) is 15.6 Å². The Morgan fingerprint density at radius 1 is 1.33 bits per heavy atom. The topological polar surface area (TPSA) is 95.7 Å². The predicted octanol–water partition coefficient (Wildman–Crippen LogP) is 0.217. The second kappa shape index (κ2) is 5.61. The summed E-state index contributed by atoms with van der Waals surface area (Å²) >= 11 is 0. The van der Waals surface area contributed by atoms with Crippen LogP contribution in [0.3, 0.4) is 0 Å². The van der Waals surface area contributed by atoms with Gasteiger partial charge in [-0.15, -0.1) is 0 Å². The minimum absolute atomic E-state index is 0.0576. The van der Waals surface area contributed by atoms with Crippen LogP contribution in [-0.4, -0.2) is 68.6 Å². The van der Waals surface area contributed by atoms with Gasteiger partial charge in [0.25, 0.3) is 5.91 Å². The molecule has 3 heterocycles. The Bertz CT molecular complexity index is 713. The molecule has 24 heavy (non-hydrogen) atoms. The molecular formula is C16H22N4O4. The lowest BCUT2D eigenvalue weighted by atomic mass is 9.81. The Hall–Kier alpha value is -2.38. The zero-order valence-electron chi connectivity index (χ0n) is 14.2. The zero-order chi connectivity index (χ0) is 17.6. The van der Waals surface area contributed by atoms with Crippen molar-refractivity contribution in [3.63, 3.8) is 0 Å². The van der Waals surface area contributed by atoms with E-state index in [-0.39, 0.29) is 31.4 Å². The van der Waals surface area contributed by atoms with Gasteiger partial charge in [-0.25, -0.2) is 0 Å². The summed E-state index contributed by atoms with van der Waals surface area (Å²) in [5.74, 6) is -2.11. The number of hydrogen-bond acceptors (Lipinski definition) is 4. The molecule has 130 valence electrons. The third kappa shape index (κ3) is 2.20. The van der Waals surface area contributed by atoms with Gasteiger partial charge in [0.1, 0.15) is 11.1 Å². The largest absolute Gasteiger partial charge is 0.481 e. The highest BCUT2D eigenvalue weighted by Gasteiger charge is 2.62. The van der Waals surface area contributed by atoms with Crippen molar-refractivity contribution in [3.8, 4) is 0 Å². The molecule has 0 spiro atoms. The van der Waals surface area contributed by atoms with Crippen molar-refractivity contribution in [3.05, 3.63) is 17.5 Å². The van der Waals surface area contributed by atoms with Gasteiger partial charge in [0.05, 0.1) is 11.6 Å². The molecule has 0 radical (unpaired) electrons. The number of aryl methyl sites for hydroxylation is 2. The van der Waals surface area contributed by atoms with Gasteiger partial charge in [-0.1, -0.05) is 0 Å². The standard InChI is InChI=1S/C16H22N4O4/c1-4-18-8-16(15(23)24)9-19(7-11(16)13(18)21)14(22)12-6-10(3)17-20(12)5-2/h6,11H,4-5,7-9H2,1-3H3,(H,23,24)/t11-,16+/m0/s1. The maximum Gasteiger partial charge on any atom is 0.314 e. The average Bonchev–Trinajstić information content (AvgIpc) is 3.18. The first-order chi connectivity index (χ1) is 11.3. The molecule has 2 atom stereocenters. The van der Waals surface area contributed by atoms with E-state index in [1.165, 1.54) is 4.90 Å². The van der Waals surface area contributed by atoms with E-state index in [0.717, 1.165) is 5.69 Å². The van der Waals surface area contributed by atoms with E-state index in [9.17, 15) is 19.5 Å². The molecule has 1 aromatic rings. The number of aliphatic carboxylic acids is 1. The summed E-state index contributed by atoms with van der Waals surface area (Å²) in [5, 5.41) is 14.0. The minimum Gasteiger partial charge on any atom is -0.481 e. The van der Waals surface area contributed by atoms with Crippen LogP contribution < -0.4 is 0 Å². The van der Waals surface area contributed by atoms with E-state index in [4.69, 9.17) is 0 Å². The van der Waals surface area contributed by atoms with Gasteiger partial charge < -0.3 is 14.9 Å². The molecule has 1 N–H and O–H groups in total. The molecule has 8 nitrogen and oxygen atoms in total. The van der Waals surface area contributed by atoms with Crippen LogP contribution in [0, 0.1) is 18.3 Å². The van der Waals surface area contributed by atoms with E-state index in [0.29, 0.717) is 18.8 Å². The van der Waals surface area contributed by atoms with Gasteiger partial charge in [-0.2, -0.15) is 5.10 Å². The molecule has 0 saturated carbocycles. The van der Waals surface area contributed by atoms with Crippen molar-refractivity contribution >= 4 is 17.8 Å². The number of carboxylic acids is 1. The third-order valence-electron chi connectivity index (χ3n) is 5.14. The van der Waals surface area contributed by atoms with Gasteiger partial charge in [0.15, 0.2) is 0 Å². The van der Waals surface area contributed by atoms with Crippen molar-refractivity contribution < 1.29 is 19.5 Å². The number of fused-ring (bicyclic) bond motifs is 1. The minimum atomic E-state index is -1.20. The quantitative estimate of drug-likeness (QED) is 0.849. The molecule has 0 aromatic carbocycles. The lowest BCUT2D eigenvalue weighted by Gasteiger charge is -2.24. The van der Waals surface area contributed by atoms with Crippen LogP contribution in [0.15, 0.2) is 6.07 Å². The Morgan fingerprint density at radius 3 is 2.58 bits per heavy atom. The number of hydrogen-bond donors (Lipinski definition) is 1. The van der Waals surface area contributed by atoms with E-state index >= 15 is 0 Å². The monoisotopic (exact) mass is 334 g/mol. The summed E-state index contributed by atoms with van der Waals surface area (Å²) in [6, 6.07) is 1.70. The fourth-order valence-electron chi connectivity index (χ4n) is 3.85. The maximum atomic E-state index is 12.8. The molecule has 2 aliphatic heterocycles. The lowest BCUT2D eigenvalue weighted by Crippen LogP contribution is -2.42. The third-order valence-corrected chi connectivity index (χ3v) is 5.14. The molecule has 8 heteroatoms. The van der Waals surface area contributed by atoms with E-state index in [2.05, 4.69) is 5.10 Å². The highest BCUT2D eigenvalue weighted by Crippen LogP contribution is 2.43. The second-order valence-corrected chi connectivity index (χ2v) is 6.54. The molecule has 0 bridgehead atoms. The number of rotatable bonds is 4. The molecule has 2 aliphatic rings. The highest BCUT2D eigenvalue weighted by molar-refractivity contribution is 5.97. The molecular weight excluding hydrogens is 312 g/mol. The SMILES string of the molecule is CCN1C[C@@]2(C(=O)O)CN(C(=O)c3cc(C)nn3CC)C[C@H]2C1=O. The molecule has 3 rings (SSSR count). The normalized spacial score (nSPS) is 26.1. The maximum absolute atomic E-state index is 12.8. The number of carbonyl (C=O) groups excluding carboxylic acids is 2. The van der Waals surface area contributed by atoms with E-state index in [1.807, 2.05) is 20.8 Å². The van der Waals surface area contributed by atoms with Crippen LogP contribution in [0.25, 0.3) is 0 Å². The van der Waals surface area contributed by atoms with Crippen molar-refractivity contribution in [1.29, 1.82) is 0 Å². The Kier molecular flexibility index (Phi) is 3.85. The number of likely N-dealkylation sites (tertiary alicyclic amines) is 2. The van der Waals surface area contributed by atoms with Gasteiger partial charge in [-0.3, -0.25) is 19.1 Å². The summed E-state index contributed by atoms with van der Waals surface area (Å²) in [7, 11) is 0. The number of aromatic nitrogens is 2. The molecule has 2 saturated heterocycles. The summed E-state index contributed by atoms with van der Waals surface area (Å²) in [4.78, 5) is 40.3. The van der Waals surface area contributed by atoms with E-state index < -0.39 is 17.3 Å². The second-order valence-electron chi connectivity index (χ2n) is 6.54. The van der Waals surface area contributed by atoms with Gasteiger partial charge >= 0.3 is 5.97 Å². The fraction of sp³-hybridized carbons (Fsp3) is 0.625. The van der Waals surface area contributed by atoms with Crippen molar-refractivity contribution in [2.24, 2.45) is 11.3 Å². The van der Waals surface area contributed by atoms with Gasteiger partial charge in [0.2, 0.25) is 5.91 Å². The number of amides is 2. The van der Waals surface area contributed by atoms with Crippen LogP contribution in [0.4, 0.5) is 0 Å². The lowest BCUT2D eigenvalue weighted by molar-refractivity contribution is -0.149. The van der Waals surface area contributed by atoms with Crippen molar-refractivity contribution in [2.75, 3.05) is 26.2 Å². The summed E-state index contributed by atoms with van der Waals surface area (Å²) in [6.45, 7) is 6.94. The van der Waals surface area contributed by atoms with Crippen LogP contribution in [0.1, 0.15) is 30.0 Å². The van der Waals surface area contributed by atoms with Crippen molar-refractivity contribution in [1.82, 2.24) is 19.6 Å². The first-order valence-corrected chi connectivity index (χ1v) is 8.20.